The molecule has 0 bridgehead atoms. The van der Waals surface area contributed by atoms with Gasteiger partial charge in [-0.1, -0.05) is 30.3 Å². The third-order valence-electron chi connectivity index (χ3n) is 4.05. The van der Waals surface area contributed by atoms with Crippen LogP contribution in [0.5, 0.6) is 0 Å². The van der Waals surface area contributed by atoms with Crippen LogP contribution in [-0.4, -0.2) is 35.1 Å². The van der Waals surface area contributed by atoms with E-state index in [-0.39, 0.29) is 12.0 Å². The van der Waals surface area contributed by atoms with Crippen molar-refractivity contribution in [1.82, 2.24) is 4.90 Å². The zero-order valence-electron chi connectivity index (χ0n) is 11.4. The molecular formula is C15H21F2NO. The molecule has 1 N–H and O–H groups in total. The van der Waals surface area contributed by atoms with E-state index in [1.165, 1.54) is 5.56 Å². The number of hydrogen-bond donors (Lipinski definition) is 1. The van der Waals surface area contributed by atoms with Crippen molar-refractivity contribution in [2.24, 2.45) is 5.92 Å². The first-order valence-corrected chi connectivity index (χ1v) is 6.74. The summed E-state index contributed by atoms with van der Waals surface area (Å²) in [6.07, 6.45) is -0.914. The molecule has 0 unspecified atom stereocenters. The maximum Gasteiger partial charge on any atom is 0.271 e. The molecule has 1 aromatic carbocycles. The predicted octanol–water partition coefficient (Wildman–Crippen LogP) is 3.09. The zero-order valence-corrected chi connectivity index (χ0v) is 11.4. The normalized spacial score (nSPS) is 24.4. The van der Waals surface area contributed by atoms with Gasteiger partial charge in [0.25, 0.3) is 5.92 Å². The molecule has 0 radical (unpaired) electrons. The molecule has 1 fully saturated rings. The van der Waals surface area contributed by atoms with Crippen LogP contribution in [0.15, 0.2) is 30.3 Å². The largest absolute Gasteiger partial charge is 0.387 e. The van der Waals surface area contributed by atoms with E-state index in [2.05, 4.69) is 11.8 Å². The molecule has 2 rings (SSSR count). The van der Waals surface area contributed by atoms with Crippen LogP contribution >= 0.6 is 0 Å². The SMILES string of the molecule is C[C@H](c1ccccc1)N1CC[C@@H]([C@H](O)C(C)(F)F)C1. The summed E-state index contributed by atoms with van der Waals surface area (Å²) in [6.45, 7) is 4.16. The van der Waals surface area contributed by atoms with Crippen molar-refractivity contribution in [3.8, 4) is 0 Å². The van der Waals surface area contributed by atoms with E-state index >= 15 is 0 Å². The van der Waals surface area contributed by atoms with Gasteiger partial charge in [-0.15, -0.1) is 0 Å². The molecule has 19 heavy (non-hydrogen) atoms. The molecule has 4 heteroatoms. The van der Waals surface area contributed by atoms with Gasteiger partial charge in [0, 0.05) is 25.4 Å². The molecule has 1 aliphatic heterocycles. The van der Waals surface area contributed by atoms with Gasteiger partial charge in [-0.25, -0.2) is 8.78 Å². The number of aliphatic hydroxyl groups excluding tert-OH is 1. The Morgan fingerprint density at radius 1 is 1.32 bits per heavy atom. The number of benzene rings is 1. The Bertz CT molecular complexity index is 404. The zero-order chi connectivity index (χ0) is 14.0. The van der Waals surface area contributed by atoms with E-state index < -0.39 is 12.0 Å². The van der Waals surface area contributed by atoms with E-state index in [0.29, 0.717) is 13.0 Å². The highest BCUT2D eigenvalue weighted by molar-refractivity contribution is 5.18. The Hall–Kier alpha value is -1.00. The highest BCUT2D eigenvalue weighted by Gasteiger charge is 2.42. The van der Waals surface area contributed by atoms with Crippen LogP contribution in [0.25, 0.3) is 0 Å². The quantitative estimate of drug-likeness (QED) is 0.908. The van der Waals surface area contributed by atoms with Gasteiger partial charge >= 0.3 is 0 Å². The number of rotatable bonds is 4. The summed E-state index contributed by atoms with van der Waals surface area (Å²) in [5, 5.41) is 9.68. The van der Waals surface area contributed by atoms with Gasteiger partial charge in [0.1, 0.15) is 6.10 Å². The molecular weight excluding hydrogens is 248 g/mol. The Morgan fingerprint density at radius 2 is 1.95 bits per heavy atom. The van der Waals surface area contributed by atoms with Crippen molar-refractivity contribution < 1.29 is 13.9 Å². The fourth-order valence-corrected chi connectivity index (χ4v) is 2.78. The number of halogens is 2. The Morgan fingerprint density at radius 3 is 2.53 bits per heavy atom. The summed E-state index contributed by atoms with van der Waals surface area (Å²) in [7, 11) is 0. The van der Waals surface area contributed by atoms with E-state index in [9.17, 15) is 13.9 Å². The fourth-order valence-electron chi connectivity index (χ4n) is 2.78. The minimum absolute atomic E-state index is 0.198. The molecule has 1 saturated heterocycles. The lowest BCUT2D eigenvalue weighted by atomic mass is 9.97. The number of hydrogen-bond acceptors (Lipinski definition) is 2. The first-order valence-electron chi connectivity index (χ1n) is 6.74. The Labute approximate surface area is 113 Å². The maximum absolute atomic E-state index is 13.2. The smallest absolute Gasteiger partial charge is 0.271 e. The molecule has 0 amide bonds. The monoisotopic (exact) mass is 269 g/mol. The first-order chi connectivity index (χ1) is 8.89. The lowest BCUT2D eigenvalue weighted by molar-refractivity contribution is -0.116. The highest BCUT2D eigenvalue weighted by atomic mass is 19.3. The second-order valence-corrected chi connectivity index (χ2v) is 5.53. The summed E-state index contributed by atoms with van der Waals surface area (Å²) in [5.41, 5.74) is 1.18. The Balaban J connectivity index is 1.99. The van der Waals surface area contributed by atoms with Crippen LogP contribution in [-0.2, 0) is 0 Å². The number of alkyl halides is 2. The van der Waals surface area contributed by atoms with Gasteiger partial charge in [0.05, 0.1) is 0 Å². The van der Waals surface area contributed by atoms with Gasteiger partial charge in [-0.3, -0.25) is 4.90 Å². The maximum atomic E-state index is 13.2. The molecule has 2 nitrogen and oxygen atoms in total. The summed E-state index contributed by atoms with van der Waals surface area (Å²) in [4.78, 5) is 2.16. The van der Waals surface area contributed by atoms with Gasteiger partial charge in [-0.2, -0.15) is 0 Å². The van der Waals surface area contributed by atoms with Crippen molar-refractivity contribution in [1.29, 1.82) is 0 Å². The predicted molar refractivity (Wildman–Crippen MR) is 71.2 cm³/mol. The van der Waals surface area contributed by atoms with Crippen molar-refractivity contribution in [3.05, 3.63) is 35.9 Å². The summed E-state index contributed by atoms with van der Waals surface area (Å²) < 4.78 is 26.3. The summed E-state index contributed by atoms with van der Waals surface area (Å²) >= 11 is 0. The highest BCUT2D eigenvalue weighted by Crippen LogP contribution is 2.33. The van der Waals surface area contributed by atoms with E-state index in [0.717, 1.165) is 13.5 Å². The van der Waals surface area contributed by atoms with E-state index in [4.69, 9.17) is 0 Å². The number of likely N-dealkylation sites (tertiary alicyclic amines) is 1. The average molecular weight is 269 g/mol. The molecule has 1 heterocycles. The minimum Gasteiger partial charge on any atom is -0.387 e. The third kappa shape index (κ3) is 3.31. The molecule has 1 aromatic rings. The number of aliphatic hydroxyl groups is 1. The number of nitrogens with zero attached hydrogens (tertiary/aromatic N) is 1. The molecule has 106 valence electrons. The van der Waals surface area contributed by atoms with E-state index in [1.807, 2.05) is 30.3 Å². The van der Waals surface area contributed by atoms with Crippen molar-refractivity contribution in [3.63, 3.8) is 0 Å². The first kappa shape index (κ1) is 14.4. The van der Waals surface area contributed by atoms with Crippen LogP contribution in [0.3, 0.4) is 0 Å². The van der Waals surface area contributed by atoms with Crippen LogP contribution < -0.4 is 0 Å². The van der Waals surface area contributed by atoms with Crippen molar-refractivity contribution in [2.75, 3.05) is 13.1 Å². The van der Waals surface area contributed by atoms with Crippen LogP contribution in [0.1, 0.15) is 31.9 Å². The standard InChI is InChI=1S/C15H21F2NO/c1-11(12-6-4-3-5-7-12)18-9-8-13(10-18)14(19)15(2,16)17/h3-7,11,13-14,19H,8-10H2,1-2H3/t11-,13-,14+/m1/s1. The molecule has 0 spiro atoms. The van der Waals surface area contributed by atoms with Crippen molar-refractivity contribution in [2.45, 2.75) is 38.3 Å². The lowest BCUT2D eigenvalue weighted by Crippen LogP contribution is -2.38. The van der Waals surface area contributed by atoms with Gasteiger partial charge in [-0.05, 0) is 25.5 Å². The second-order valence-electron chi connectivity index (χ2n) is 5.53. The average Bonchev–Trinajstić information content (AvgIpc) is 2.86. The summed E-state index contributed by atoms with van der Waals surface area (Å²) in [5.74, 6) is -3.36. The third-order valence-corrected chi connectivity index (χ3v) is 4.05. The molecule has 0 aromatic heterocycles. The second kappa shape index (κ2) is 5.55. The van der Waals surface area contributed by atoms with Crippen molar-refractivity contribution >= 4 is 0 Å². The Kier molecular flexibility index (Phi) is 4.21. The van der Waals surface area contributed by atoms with Crippen LogP contribution in [0.2, 0.25) is 0 Å². The van der Waals surface area contributed by atoms with E-state index in [1.54, 1.807) is 0 Å². The van der Waals surface area contributed by atoms with Crippen LogP contribution in [0, 0.1) is 5.92 Å². The topological polar surface area (TPSA) is 23.5 Å². The lowest BCUT2D eigenvalue weighted by Gasteiger charge is -2.27. The van der Waals surface area contributed by atoms with Gasteiger partial charge < -0.3 is 5.11 Å². The molecule has 0 saturated carbocycles. The minimum atomic E-state index is -3.02. The van der Waals surface area contributed by atoms with Gasteiger partial charge in [0.15, 0.2) is 0 Å². The van der Waals surface area contributed by atoms with Crippen LogP contribution in [0.4, 0.5) is 8.78 Å². The molecule has 0 aliphatic carbocycles. The molecule has 1 aliphatic rings. The summed E-state index contributed by atoms with van der Waals surface area (Å²) in [6, 6.07) is 10.2. The molecule has 3 atom stereocenters. The fraction of sp³-hybridized carbons (Fsp3) is 0.600. The van der Waals surface area contributed by atoms with Gasteiger partial charge in [0.2, 0.25) is 0 Å².